The van der Waals surface area contributed by atoms with Crippen LogP contribution < -0.4 is 11.1 Å². The Hall–Kier alpha value is -1.14. The number of carbonyl (C=O) groups is 2. The van der Waals surface area contributed by atoms with Gasteiger partial charge < -0.3 is 21.3 Å². The van der Waals surface area contributed by atoms with Crippen molar-refractivity contribution in [3.05, 3.63) is 0 Å². The summed E-state index contributed by atoms with van der Waals surface area (Å²) in [5, 5.41) is 19.9. The van der Waals surface area contributed by atoms with E-state index in [9.17, 15) is 9.59 Å². The van der Waals surface area contributed by atoms with Gasteiger partial charge in [-0.05, 0) is 12.8 Å². The van der Waals surface area contributed by atoms with Crippen LogP contribution in [0.1, 0.15) is 38.5 Å². The van der Waals surface area contributed by atoms with Gasteiger partial charge in [0.1, 0.15) is 6.04 Å². The fourth-order valence-electron chi connectivity index (χ4n) is 2.21. The molecule has 0 radical (unpaired) electrons. The standard InChI is InChI=1S/C11H20N2O4/c12-11(4-1-2-5-11)7-9(15)13-8(3-6-14)10(16)17/h8,14H,1-7,12H2,(H,13,15)(H,16,17)/t8-/m0/s1. The van der Waals surface area contributed by atoms with Crippen LogP contribution in [0.25, 0.3) is 0 Å². The summed E-state index contributed by atoms with van der Waals surface area (Å²) in [5.41, 5.74) is 5.55. The van der Waals surface area contributed by atoms with Crippen LogP contribution in [0.2, 0.25) is 0 Å². The van der Waals surface area contributed by atoms with Gasteiger partial charge in [-0.3, -0.25) is 4.79 Å². The maximum Gasteiger partial charge on any atom is 0.326 e. The first-order chi connectivity index (χ1) is 7.97. The second kappa shape index (κ2) is 5.97. The van der Waals surface area contributed by atoms with Gasteiger partial charge in [0.2, 0.25) is 5.91 Å². The summed E-state index contributed by atoms with van der Waals surface area (Å²) in [6, 6.07) is -1.03. The third-order valence-corrected chi connectivity index (χ3v) is 3.16. The lowest BCUT2D eigenvalue weighted by Crippen LogP contribution is -2.47. The number of carboxylic acid groups (broad SMARTS) is 1. The summed E-state index contributed by atoms with van der Waals surface area (Å²) in [6.07, 6.45) is 3.81. The van der Waals surface area contributed by atoms with Crippen molar-refractivity contribution in [1.29, 1.82) is 0 Å². The van der Waals surface area contributed by atoms with E-state index >= 15 is 0 Å². The van der Waals surface area contributed by atoms with E-state index in [1.54, 1.807) is 0 Å². The number of rotatable bonds is 6. The van der Waals surface area contributed by atoms with Gasteiger partial charge in [-0.25, -0.2) is 4.79 Å². The van der Waals surface area contributed by atoms with E-state index in [0.717, 1.165) is 25.7 Å². The number of amides is 1. The molecule has 1 rings (SSSR count). The van der Waals surface area contributed by atoms with Gasteiger partial charge in [-0.15, -0.1) is 0 Å². The van der Waals surface area contributed by atoms with Crippen molar-refractivity contribution < 1.29 is 19.8 Å². The van der Waals surface area contributed by atoms with E-state index < -0.39 is 17.6 Å². The molecule has 1 amide bonds. The lowest BCUT2D eigenvalue weighted by Gasteiger charge is -2.23. The van der Waals surface area contributed by atoms with Crippen LogP contribution in [0.5, 0.6) is 0 Å². The lowest BCUT2D eigenvalue weighted by molar-refractivity contribution is -0.142. The van der Waals surface area contributed by atoms with Crippen molar-refractivity contribution in [3.63, 3.8) is 0 Å². The van der Waals surface area contributed by atoms with Crippen molar-refractivity contribution in [3.8, 4) is 0 Å². The molecular weight excluding hydrogens is 224 g/mol. The topological polar surface area (TPSA) is 113 Å². The first kappa shape index (κ1) is 13.9. The molecule has 0 aromatic heterocycles. The van der Waals surface area contributed by atoms with Crippen molar-refractivity contribution >= 4 is 11.9 Å². The predicted molar refractivity (Wildman–Crippen MR) is 61.3 cm³/mol. The summed E-state index contributed by atoms with van der Waals surface area (Å²) >= 11 is 0. The van der Waals surface area contributed by atoms with E-state index in [1.165, 1.54) is 0 Å². The van der Waals surface area contributed by atoms with Gasteiger partial charge in [0.15, 0.2) is 0 Å². The van der Waals surface area contributed by atoms with Gasteiger partial charge in [-0.2, -0.15) is 0 Å². The summed E-state index contributed by atoms with van der Waals surface area (Å²) in [4.78, 5) is 22.4. The molecule has 0 saturated heterocycles. The van der Waals surface area contributed by atoms with Crippen LogP contribution >= 0.6 is 0 Å². The molecule has 1 saturated carbocycles. The lowest BCUT2D eigenvalue weighted by atomic mass is 9.94. The Balaban J connectivity index is 2.44. The summed E-state index contributed by atoms with van der Waals surface area (Å²) in [5.74, 6) is -1.49. The normalized spacial score (nSPS) is 19.9. The number of aliphatic hydroxyl groups is 1. The van der Waals surface area contributed by atoms with Gasteiger partial charge in [-0.1, -0.05) is 12.8 Å². The monoisotopic (exact) mass is 244 g/mol. The average molecular weight is 244 g/mol. The minimum atomic E-state index is -1.13. The van der Waals surface area contributed by atoms with Crippen molar-refractivity contribution in [1.82, 2.24) is 5.32 Å². The minimum absolute atomic E-state index is 0.0125. The third-order valence-electron chi connectivity index (χ3n) is 3.16. The van der Waals surface area contributed by atoms with Crippen molar-refractivity contribution in [2.24, 2.45) is 5.73 Å². The molecule has 0 unspecified atom stereocenters. The highest BCUT2D eigenvalue weighted by atomic mass is 16.4. The van der Waals surface area contributed by atoms with Crippen LogP contribution in [0.3, 0.4) is 0 Å². The van der Waals surface area contributed by atoms with E-state index in [4.69, 9.17) is 15.9 Å². The number of carboxylic acids is 1. The molecule has 0 bridgehead atoms. The maximum atomic E-state index is 11.7. The van der Waals surface area contributed by atoms with Crippen LogP contribution in [-0.2, 0) is 9.59 Å². The molecule has 0 heterocycles. The quantitative estimate of drug-likeness (QED) is 0.508. The molecule has 1 atom stereocenters. The zero-order valence-electron chi connectivity index (χ0n) is 9.82. The Morgan fingerprint density at radius 2 is 1.94 bits per heavy atom. The Morgan fingerprint density at radius 3 is 2.41 bits per heavy atom. The molecule has 0 aromatic rings. The van der Waals surface area contributed by atoms with Crippen LogP contribution in [-0.4, -0.2) is 40.3 Å². The number of nitrogens with one attached hydrogen (secondary N) is 1. The summed E-state index contributed by atoms with van der Waals surface area (Å²) < 4.78 is 0. The smallest absolute Gasteiger partial charge is 0.326 e. The Kier molecular flexibility index (Phi) is 4.89. The number of aliphatic carboxylic acids is 1. The van der Waals surface area contributed by atoms with Crippen LogP contribution in [0.4, 0.5) is 0 Å². The first-order valence-corrected chi connectivity index (χ1v) is 5.89. The molecule has 98 valence electrons. The summed E-state index contributed by atoms with van der Waals surface area (Å²) in [7, 11) is 0. The third kappa shape index (κ3) is 4.32. The first-order valence-electron chi connectivity index (χ1n) is 5.89. The zero-order chi connectivity index (χ0) is 12.9. The summed E-state index contributed by atoms with van der Waals surface area (Å²) in [6.45, 7) is -0.273. The highest BCUT2D eigenvalue weighted by Crippen LogP contribution is 2.29. The molecule has 1 aliphatic carbocycles. The second-order valence-electron chi connectivity index (χ2n) is 4.72. The number of carbonyl (C=O) groups excluding carboxylic acids is 1. The van der Waals surface area contributed by atoms with Crippen LogP contribution in [0, 0.1) is 0 Å². The molecule has 0 aromatic carbocycles. The molecular formula is C11H20N2O4. The average Bonchev–Trinajstić information content (AvgIpc) is 2.63. The fourth-order valence-corrected chi connectivity index (χ4v) is 2.21. The largest absolute Gasteiger partial charge is 0.480 e. The molecule has 5 N–H and O–H groups in total. The molecule has 17 heavy (non-hydrogen) atoms. The Labute approximate surface area is 100 Å². The highest BCUT2D eigenvalue weighted by Gasteiger charge is 2.32. The molecule has 6 nitrogen and oxygen atoms in total. The van der Waals surface area contributed by atoms with Gasteiger partial charge >= 0.3 is 5.97 Å². The Bertz CT molecular complexity index is 287. The molecule has 0 aliphatic heterocycles. The maximum absolute atomic E-state index is 11.7. The highest BCUT2D eigenvalue weighted by molar-refractivity contribution is 5.84. The Morgan fingerprint density at radius 1 is 1.35 bits per heavy atom. The van der Waals surface area contributed by atoms with E-state index in [2.05, 4.69) is 5.32 Å². The molecule has 6 heteroatoms. The SMILES string of the molecule is NC1(CC(=O)N[C@@H](CCO)C(=O)O)CCCC1. The number of hydrogen-bond donors (Lipinski definition) is 4. The number of aliphatic hydroxyl groups excluding tert-OH is 1. The fraction of sp³-hybridized carbons (Fsp3) is 0.818. The molecule has 1 fully saturated rings. The van der Waals surface area contributed by atoms with Crippen molar-refractivity contribution in [2.75, 3.05) is 6.61 Å². The number of nitrogens with two attached hydrogens (primary N) is 1. The predicted octanol–water partition coefficient (Wildman–Crippen LogP) is -0.400. The van der Waals surface area contributed by atoms with Gasteiger partial charge in [0.05, 0.1) is 0 Å². The molecule has 1 aliphatic rings. The molecule has 0 spiro atoms. The zero-order valence-corrected chi connectivity index (χ0v) is 9.82. The van der Waals surface area contributed by atoms with Gasteiger partial charge in [0.25, 0.3) is 0 Å². The minimum Gasteiger partial charge on any atom is -0.480 e. The number of hydrogen-bond acceptors (Lipinski definition) is 4. The van der Waals surface area contributed by atoms with E-state index in [-0.39, 0.29) is 25.4 Å². The van der Waals surface area contributed by atoms with Crippen molar-refractivity contribution in [2.45, 2.75) is 50.1 Å². The second-order valence-corrected chi connectivity index (χ2v) is 4.72. The van der Waals surface area contributed by atoms with Gasteiger partial charge in [0, 0.05) is 25.0 Å². The van der Waals surface area contributed by atoms with E-state index in [0.29, 0.717) is 0 Å². The van der Waals surface area contributed by atoms with Crippen LogP contribution in [0.15, 0.2) is 0 Å². The van der Waals surface area contributed by atoms with E-state index in [1.807, 2.05) is 0 Å².